The molecule has 0 saturated carbocycles. The maximum absolute atomic E-state index is 5.71. The van der Waals surface area contributed by atoms with Crippen LogP contribution in [0.3, 0.4) is 0 Å². The molecule has 0 saturated heterocycles. The summed E-state index contributed by atoms with van der Waals surface area (Å²) in [5.41, 5.74) is 4.22. The monoisotopic (exact) mass is 331 g/mol. The van der Waals surface area contributed by atoms with Gasteiger partial charge >= 0.3 is 0 Å². The largest absolute Gasteiger partial charge is 0.492 e. The van der Waals surface area contributed by atoms with Crippen molar-refractivity contribution in [3.8, 4) is 5.75 Å². The zero-order chi connectivity index (χ0) is 13.8. The summed E-state index contributed by atoms with van der Waals surface area (Å²) < 4.78 is 6.75. The normalized spacial score (nSPS) is 13.1. The molecule has 1 N–H and O–H groups in total. The zero-order valence-electron chi connectivity index (χ0n) is 11.4. The minimum Gasteiger partial charge on any atom is -0.492 e. The molecule has 0 amide bonds. The van der Waals surface area contributed by atoms with Crippen LogP contribution in [0.25, 0.3) is 0 Å². The highest BCUT2D eigenvalue weighted by atomic mass is 79.9. The van der Waals surface area contributed by atoms with Gasteiger partial charge in [0.25, 0.3) is 0 Å². The molecular formula is C17H18BrNO. The first-order valence-electron chi connectivity index (χ1n) is 7.05. The molecular weight excluding hydrogens is 314 g/mol. The summed E-state index contributed by atoms with van der Waals surface area (Å²) in [6.07, 6.45) is 3.76. The van der Waals surface area contributed by atoms with Gasteiger partial charge in [-0.05, 0) is 60.7 Å². The Bertz CT molecular complexity index is 597. The molecule has 104 valence electrons. The molecule has 2 aromatic rings. The summed E-state index contributed by atoms with van der Waals surface area (Å²) >= 11 is 3.44. The van der Waals surface area contributed by atoms with Crippen molar-refractivity contribution in [3.05, 3.63) is 58.1 Å². The highest BCUT2D eigenvalue weighted by molar-refractivity contribution is 9.10. The van der Waals surface area contributed by atoms with Gasteiger partial charge in [0.1, 0.15) is 12.4 Å². The van der Waals surface area contributed by atoms with E-state index in [1.165, 1.54) is 36.1 Å². The van der Waals surface area contributed by atoms with Crippen LogP contribution in [0.15, 0.2) is 46.9 Å². The van der Waals surface area contributed by atoms with Crippen LogP contribution in [0.4, 0.5) is 5.69 Å². The third-order valence-electron chi connectivity index (χ3n) is 3.59. The van der Waals surface area contributed by atoms with Gasteiger partial charge in [0.2, 0.25) is 0 Å². The van der Waals surface area contributed by atoms with E-state index in [1.54, 1.807) is 0 Å². The first-order valence-corrected chi connectivity index (χ1v) is 7.84. The second-order valence-corrected chi connectivity index (χ2v) is 5.99. The fourth-order valence-electron chi connectivity index (χ4n) is 2.60. The Balaban J connectivity index is 1.48. The molecule has 3 heteroatoms. The number of aryl methyl sites for hydroxylation is 2. The second kappa shape index (κ2) is 6.31. The second-order valence-electron chi connectivity index (χ2n) is 5.07. The minimum absolute atomic E-state index is 0.660. The van der Waals surface area contributed by atoms with Crippen LogP contribution in [0.1, 0.15) is 17.5 Å². The Hall–Kier alpha value is -1.48. The SMILES string of the molecule is Brc1cccc(OCCNc2ccc3c(c2)CCC3)c1. The van der Waals surface area contributed by atoms with Crippen molar-refractivity contribution in [2.75, 3.05) is 18.5 Å². The molecule has 3 rings (SSSR count). The lowest BCUT2D eigenvalue weighted by molar-refractivity contribution is 0.332. The van der Waals surface area contributed by atoms with Crippen LogP contribution < -0.4 is 10.1 Å². The summed E-state index contributed by atoms with van der Waals surface area (Å²) in [6, 6.07) is 14.6. The summed E-state index contributed by atoms with van der Waals surface area (Å²) in [5, 5.41) is 3.42. The Kier molecular flexibility index (Phi) is 4.26. The van der Waals surface area contributed by atoms with E-state index in [4.69, 9.17) is 4.74 Å². The first-order chi connectivity index (χ1) is 9.81. The molecule has 0 spiro atoms. The molecule has 0 unspecified atom stereocenters. The van der Waals surface area contributed by atoms with Crippen molar-refractivity contribution in [2.24, 2.45) is 0 Å². The van der Waals surface area contributed by atoms with Crippen molar-refractivity contribution in [2.45, 2.75) is 19.3 Å². The van der Waals surface area contributed by atoms with Crippen molar-refractivity contribution in [1.29, 1.82) is 0 Å². The number of ether oxygens (including phenoxy) is 1. The van der Waals surface area contributed by atoms with Gasteiger partial charge in [-0.1, -0.05) is 28.1 Å². The number of hydrogen-bond acceptors (Lipinski definition) is 2. The minimum atomic E-state index is 0.660. The Morgan fingerprint density at radius 2 is 1.95 bits per heavy atom. The number of rotatable bonds is 5. The first kappa shape index (κ1) is 13.5. The lowest BCUT2D eigenvalue weighted by Crippen LogP contribution is -2.11. The highest BCUT2D eigenvalue weighted by Gasteiger charge is 2.10. The van der Waals surface area contributed by atoms with E-state index in [0.717, 1.165) is 16.8 Å². The number of hydrogen-bond donors (Lipinski definition) is 1. The average molecular weight is 332 g/mol. The van der Waals surface area contributed by atoms with Crippen LogP contribution in [0.2, 0.25) is 0 Å². The number of halogens is 1. The van der Waals surface area contributed by atoms with Gasteiger partial charge in [-0.15, -0.1) is 0 Å². The number of nitrogens with one attached hydrogen (secondary N) is 1. The van der Waals surface area contributed by atoms with Gasteiger partial charge in [0.15, 0.2) is 0 Å². The van der Waals surface area contributed by atoms with Crippen molar-refractivity contribution < 1.29 is 4.74 Å². The number of fused-ring (bicyclic) bond motifs is 1. The molecule has 2 nitrogen and oxygen atoms in total. The molecule has 0 fully saturated rings. The molecule has 1 aliphatic carbocycles. The van der Waals surface area contributed by atoms with Crippen molar-refractivity contribution >= 4 is 21.6 Å². The van der Waals surface area contributed by atoms with Crippen LogP contribution in [0.5, 0.6) is 5.75 Å². The van der Waals surface area contributed by atoms with Gasteiger partial charge < -0.3 is 10.1 Å². The third kappa shape index (κ3) is 3.34. The lowest BCUT2D eigenvalue weighted by atomic mass is 10.1. The van der Waals surface area contributed by atoms with E-state index in [1.807, 2.05) is 24.3 Å². The maximum atomic E-state index is 5.71. The van der Waals surface area contributed by atoms with E-state index in [2.05, 4.69) is 39.4 Å². The summed E-state index contributed by atoms with van der Waals surface area (Å²) in [5.74, 6) is 0.898. The van der Waals surface area contributed by atoms with Crippen LogP contribution >= 0.6 is 15.9 Å². The predicted octanol–water partition coefficient (Wildman–Crippen LogP) is 4.43. The molecule has 0 bridgehead atoms. The maximum Gasteiger partial charge on any atom is 0.120 e. The summed E-state index contributed by atoms with van der Waals surface area (Å²) in [4.78, 5) is 0. The molecule has 0 aromatic heterocycles. The molecule has 0 aliphatic heterocycles. The zero-order valence-corrected chi connectivity index (χ0v) is 12.9. The van der Waals surface area contributed by atoms with Crippen LogP contribution in [-0.2, 0) is 12.8 Å². The Morgan fingerprint density at radius 3 is 2.85 bits per heavy atom. The topological polar surface area (TPSA) is 21.3 Å². The summed E-state index contributed by atoms with van der Waals surface area (Å²) in [7, 11) is 0. The van der Waals surface area contributed by atoms with Gasteiger partial charge in [0, 0.05) is 16.7 Å². The fourth-order valence-corrected chi connectivity index (χ4v) is 2.98. The lowest BCUT2D eigenvalue weighted by Gasteiger charge is -2.10. The van der Waals surface area contributed by atoms with E-state index >= 15 is 0 Å². The van der Waals surface area contributed by atoms with Crippen LogP contribution in [0, 0.1) is 0 Å². The van der Waals surface area contributed by atoms with Gasteiger partial charge in [-0.25, -0.2) is 0 Å². The van der Waals surface area contributed by atoms with Crippen molar-refractivity contribution in [3.63, 3.8) is 0 Å². The molecule has 2 aromatic carbocycles. The Labute approximate surface area is 128 Å². The third-order valence-corrected chi connectivity index (χ3v) is 4.09. The molecule has 20 heavy (non-hydrogen) atoms. The molecule has 0 atom stereocenters. The molecule has 1 aliphatic rings. The predicted molar refractivity (Wildman–Crippen MR) is 86.6 cm³/mol. The van der Waals surface area contributed by atoms with E-state index in [-0.39, 0.29) is 0 Å². The van der Waals surface area contributed by atoms with E-state index < -0.39 is 0 Å². The van der Waals surface area contributed by atoms with Gasteiger partial charge in [-0.3, -0.25) is 0 Å². The average Bonchev–Trinajstić information content (AvgIpc) is 2.91. The Morgan fingerprint density at radius 1 is 1.05 bits per heavy atom. The van der Waals surface area contributed by atoms with E-state index in [0.29, 0.717) is 6.61 Å². The number of benzene rings is 2. The van der Waals surface area contributed by atoms with Gasteiger partial charge in [0.05, 0.1) is 0 Å². The summed E-state index contributed by atoms with van der Waals surface area (Å²) in [6.45, 7) is 1.47. The highest BCUT2D eigenvalue weighted by Crippen LogP contribution is 2.24. The number of anilines is 1. The molecule has 0 radical (unpaired) electrons. The van der Waals surface area contributed by atoms with Crippen LogP contribution in [-0.4, -0.2) is 13.2 Å². The van der Waals surface area contributed by atoms with Crippen molar-refractivity contribution in [1.82, 2.24) is 0 Å². The quantitative estimate of drug-likeness (QED) is 0.818. The van der Waals surface area contributed by atoms with Gasteiger partial charge in [-0.2, -0.15) is 0 Å². The molecule has 0 heterocycles. The van der Waals surface area contributed by atoms with E-state index in [9.17, 15) is 0 Å². The fraction of sp³-hybridized carbons (Fsp3) is 0.294. The smallest absolute Gasteiger partial charge is 0.120 e. The standard InChI is InChI=1S/C17H18BrNO/c18-15-5-2-6-17(12-15)20-10-9-19-16-8-7-13-3-1-4-14(13)11-16/h2,5-8,11-12,19H,1,3-4,9-10H2.